The molecule has 0 unspecified atom stereocenters. The van der Waals surface area contributed by atoms with E-state index >= 15 is 0 Å². The predicted octanol–water partition coefficient (Wildman–Crippen LogP) is 4.02. The highest BCUT2D eigenvalue weighted by atomic mass is 79.9. The molecule has 0 aliphatic carbocycles. The van der Waals surface area contributed by atoms with Gasteiger partial charge in [0, 0.05) is 24.1 Å². The van der Waals surface area contributed by atoms with Crippen LogP contribution in [-0.4, -0.2) is 24.9 Å². The molecule has 0 radical (unpaired) electrons. The SMILES string of the molecule is CN(C)C(=O)/C(C#N)=C\c1cc(Br)ccc1OCc1ccccc1. The lowest BCUT2D eigenvalue weighted by Gasteiger charge is -2.12. The Kier molecular flexibility index (Phi) is 6.16. The number of hydrogen-bond donors (Lipinski definition) is 0. The van der Waals surface area contributed by atoms with Gasteiger partial charge in [0.25, 0.3) is 5.91 Å². The molecule has 0 saturated carbocycles. The van der Waals surface area contributed by atoms with Crippen LogP contribution in [-0.2, 0) is 11.4 Å². The Morgan fingerprint density at radius 2 is 1.96 bits per heavy atom. The number of rotatable bonds is 5. The first-order valence-electron chi connectivity index (χ1n) is 7.31. The molecular formula is C19H17BrN2O2. The van der Waals surface area contributed by atoms with Crippen molar-refractivity contribution in [3.05, 3.63) is 69.7 Å². The Balaban J connectivity index is 2.30. The van der Waals surface area contributed by atoms with E-state index in [4.69, 9.17) is 4.74 Å². The lowest BCUT2D eigenvalue weighted by atomic mass is 10.1. The molecule has 0 heterocycles. The summed E-state index contributed by atoms with van der Waals surface area (Å²) < 4.78 is 6.71. The van der Waals surface area contributed by atoms with Gasteiger partial charge in [-0.3, -0.25) is 4.79 Å². The third kappa shape index (κ3) is 4.71. The van der Waals surface area contributed by atoms with Crippen molar-refractivity contribution < 1.29 is 9.53 Å². The van der Waals surface area contributed by atoms with Crippen molar-refractivity contribution in [1.82, 2.24) is 4.90 Å². The Hall–Kier alpha value is -2.58. The summed E-state index contributed by atoms with van der Waals surface area (Å²) in [5, 5.41) is 9.26. The fourth-order valence-electron chi connectivity index (χ4n) is 2.04. The van der Waals surface area contributed by atoms with Crippen LogP contribution in [0.4, 0.5) is 0 Å². The minimum absolute atomic E-state index is 0.0580. The Bertz CT molecular complexity index is 793. The number of halogens is 1. The fraction of sp³-hybridized carbons (Fsp3) is 0.158. The standard InChI is InChI=1S/C19H17BrN2O2/c1-22(2)19(23)16(12-21)10-15-11-17(20)8-9-18(15)24-13-14-6-4-3-5-7-14/h3-11H,13H2,1-2H3/b16-10-. The Morgan fingerprint density at radius 3 is 2.58 bits per heavy atom. The molecule has 2 aromatic rings. The third-order valence-corrected chi connectivity index (χ3v) is 3.76. The van der Waals surface area contributed by atoms with Crippen molar-refractivity contribution in [3.8, 4) is 11.8 Å². The van der Waals surface area contributed by atoms with E-state index in [0.717, 1.165) is 10.0 Å². The number of benzene rings is 2. The van der Waals surface area contributed by atoms with E-state index in [1.54, 1.807) is 20.2 Å². The fourth-order valence-corrected chi connectivity index (χ4v) is 2.42. The molecule has 0 N–H and O–H groups in total. The summed E-state index contributed by atoms with van der Waals surface area (Å²) in [5.41, 5.74) is 1.77. The number of likely N-dealkylation sites (N-methyl/N-ethyl adjacent to an activating group) is 1. The summed E-state index contributed by atoms with van der Waals surface area (Å²) in [6.45, 7) is 0.410. The van der Waals surface area contributed by atoms with Gasteiger partial charge < -0.3 is 9.64 Å². The van der Waals surface area contributed by atoms with Crippen molar-refractivity contribution in [2.24, 2.45) is 0 Å². The van der Waals surface area contributed by atoms with E-state index in [2.05, 4.69) is 15.9 Å². The van der Waals surface area contributed by atoms with E-state index in [-0.39, 0.29) is 11.5 Å². The van der Waals surface area contributed by atoms with Gasteiger partial charge in [-0.25, -0.2) is 0 Å². The van der Waals surface area contributed by atoms with Gasteiger partial charge in [0.1, 0.15) is 24.0 Å². The summed E-state index contributed by atoms with van der Waals surface area (Å²) in [4.78, 5) is 13.4. The van der Waals surface area contributed by atoms with Crippen molar-refractivity contribution in [3.63, 3.8) is 0 Å². The molecule has 0 aromatic heterocycles. The molecule has 0 aliphatic heterocycles. The number of ether oxygens (including phenoxy) is 1. The maximum atomic E-state index is 12.0. The van der Waals surface area contributed by atoms with Gasteiger partial charge in [-0.05, 0) is 29.8 Å². The lowest BCUT2D eigenvalue weighted by molar-refractivity contribution is -0.124. The molecule has 0 saturated heterocycles. The van der Waals surface area contributed by atoms with Crippen molar-refractivity contribution in [2.75, 3.05) is 14.1 Å². The topological polar surface area (TPSA) is 53.3 Å². The average molecular weight is 385 g/mol. The number of nitrogens with zero attached hydrogens (tertiary/aromatic N) is 2. The highest BCUT2D eigenvalue weighted by Gasteiger charge is 2.13. The van der Waals surface area contributed by atoms with Gasteiger partial charge in [0.2, 0.25) is 0 Å². The molecule has 0 atom stereocenters. The van der Waals surface area contributed by atoms with E-state index in [0.29, 0.717) is 17.9 Å². The minimum atomic E-state index is -0.341. The van der Waals surface area contributed by atoms with Crippen LogP contribution in [0.25, 0.3) is 6.08 Å². The minimum Gasteiger partial charge on any atom is -0.488 e. The second-order valence-corrected chi connectivity index (χ2v) is 6.24. The highest BCUT2D eigenvalue weighted by Crippen LogP contribution is 2.26. The molecule has 0 aliphatic rings. The summed E-state index contributed by atoms with van der Waals surface area (Å²) in [5.74, 6) is 0.271. The van der Waals surface area contributed by atoms with Crippen molar-refractivity contribution in [1.29, 1.82) is 5.26 Å². The molecule has 2 aromatic carbocycles. The average Bonchev–Trinajstić information content (AvgIpc) is 2.59. The zero-order valence-electron chi connectivity index (χ0n) is 13.5. The van der Waals surface area contributed by atoms with Crippen LogP contribution >= 0.6 is 15.9 Å². The van der Waals surface area contributed by atoms with Crippen LogP contribution in [0.15, 0.2) is 58.6 Å². The summed E-state index contributed by atoms with van der Waals surface area (Å²) in [6.07, 6.45) is 1.55. The number of carbonyl (C=O) groups excluding carboxylic acids is 1. The van der Waals surface area contributed by atoms with Crippen molar-refractivity contribution in [2.45, 2.75) is 6.61 Å². The smallest absolute Gasteiger partial charge is 0.264 e. The number of nitriles is 1. The van der Waals surface area contributed by atoms with Crippen LogP contribution in [0.2, 0.25) is 0 Å². The molecule has 5 heteroatoms. The second kappa shape index (κ2) is 8.32. The van der Waals surface area contributed by atoms with Gasteiger partial charge in [-0.1, -0.05) is 46.3 Å². The van der Waals surface area contributed by atoms with Gasteiger partial charge in [0.05, 0.1) is 0 Å². The molecule has 1 amide bonds. The quantitative estimate of drug-likeness (QED) is 0.577. The highest BCUT2D eigenvalue weighted by molar-refractivity contribution is 9.10. The molecule has 4 nitrogen and oxygen atoms in total. The molecule has 122 valence electrons. The number of carbonyl (C=O) groups is 1. The van der Waals surface area contributed by atoms with E-state index in [9.17, 15) is 10.1 Å². The zero-order valence-corrected chi connectivity index (χ0v) is 15.1. The first-order chi connectivity index (χ1) is 11.5. The predicted molar refractivity (Wildman–Crippen MR) is 97.2 cm³/mol. The summed E-state index contributed by atoms with van der Waals surface area (Å²) >= 11 is 3.41. The van der Waals surface area contributed by atoms with E-state index in [1.165, 1.54) is 4.90 Å². The molecule has 2 rings (SSSR count). The summed E-state index contributed by atoms with van der Waals surface area (Å²) in [6, 6.07) is 17.2. The van der Waals surface area contributed by atoms with Crippen LogP contribution in [0.5, 0.6) is 5.75 Å². The first-order valence-corrected chi connectivity index (χ1v) is 8.10. The largest absolute Gasteiger partial charge is 0.488 e. The molecule has 0 fully saturated rings. The Labute approximate surface area is 150 Å². The van der Waals surface area contributed by atoms with E-state index < -0.39 is 0 Å². The van der Waals surface area contributed by atoms with Gasteiger partial charge in [-0.2, -0.15) is 5.26 Å². The van der Waals surface area contributed by atoms with Crippen LogP contribution in [0.3, 0.4) is 0 Å². The van der Waals surface area contributed by atoms with Gasteiger partial charge in [-0.15, -0.1) is 0 Å². The third-order valence-electron chi connectivity index (χ3n) is 3.27. The second-order valence-electron chi connectivity index (χ2n) is 5.33. The van der Waals surface area contributed by atoms with Crippen molar-refractivity contribution >= 4 is 27.9 Å². The van der Waals surface area contributed by atoms with Gasteiger partial charge >= 0.3 is 0 Å². The van der Waals surface area contributed by atoms with Crippen LogP contribution in [0.1, 0.15) is 11.1 Å². The van der Waals surface area contributed by atoms with Gasteiger partial charge in [0.15, 0.2) is 0 Å². The number of hydrogen-bond acceptors (Lipinski definition) is 3. The molecule has 0 spiro atoms. The maximum absolute atomic E-state index is 12.0. The number of amides is 1. The van der Waals surface area contributed by atoms with Crippen LogP contribution < -0.4 is 4.74 Å². The maximum Gasteiger partial charge on any atom is 0.264 e. The molecule has 24 heavy (non-hydrogen) atoms. The van der Waals surface area contributed by atoms with E-state index in [1.807, 2.05) is 54.6 Å². The summed E-state index contributed by atoms with van der Waals surface area (Å²) in [7, 11) is 3.22. The zero-order chi connectivity index (χ0) is 17.5. The Morgan fingerprint density at radius 1 is 1.25 bits per heavy atom. The first kappa shape index (κ1) is 17.8. The van der Waals surface area contributed by atoms with Crippen LogP contribution in [0, 0.1) is 11.3 Å². The molecular weight excluding hydrogens is 368 g/mol. The monoisotopic (exact) mass is 384 g/mol. The lowest BCUT2D eigenvalue weighted by Crippen LogP contribution is -2.22. The molecule has 0 bridgehead atoms. The normalized spacial score (nSPS) is 10.8.